The Bertz CT molecular complexity index is 1380. The summed E-state index contributed by atoms with van der Waals surface area (Å²) < 4.78 is 38.4. The van der Waals surface area contributed by atoms with Gasteiger partial charge >= 0.3 is 17.2 Å². The van der Waals surface area contributed by atoms with Crippen LogP contribution in [0, 0.1) is 21.7 Å². The Morgan fingerprint density at radius 1 is 1.08 bits per heavy atom. The van der Waals surface area contributed by atoms with Crippen LogP contribution in [0.2, 0.25) is 0 Å². The Labute approximate surface area is 225 Å². The Balaban J connectivity index is 1.14. The second kappa shape index (κ2) is 11.1. The van der Waals surface area contributed by atoms with Crippen LogP contribution in [0.4, 0.5) is 45.4 Å². The number of rotatable bonds is 7. The van der Waals surface area contributed by atoms with Gasteiger partial charge in [-0.15, -0.1) is 0 Å². The van der Waals surface area contributed by atoms with Crippen molar-refractivity contribution >= 4 is 50.6 Å². The van der Waals surface area contributed by atoms with E-state index in [1.54, 1.807) is 18.2 Å². The maximum atomic E-state index is 15.1. The summed E-state index contributed by atoms with van der Waals surface area (Å²) in [5.74, 6) is -0.943. The number of carbonyl (C=O) groups excluding carboxylic acids is 2. The third-order valence-electron chi connectivity index (χ3n) is 6.30. The zero-order valence-corrected chi connectivity index (χ0v) is 21.2. The number of nitro groups is 1. The van der Waals surface area contributed by atoms with Gasteiger partial charge in [-0.2, -0.15) is 0 Å². The predicted octanol–water partition coefficient (Wildman–Crippen LogP) is 4.84. The van der Waals surface area contributed by atoms with Crippen molar-refractivity contribution in [2.45, 2.75) is 6.10 Å². The van der Waals surface area contributed by atoms with E-state index in [1.807, 2.05) is 9.80 Å². The number of nitrogens with one attached hydrogen (secondary N) is 1. The standard InChI is InChI=1S/C25H23F2N5O6S/c26-16-1-3-17(4-2-16)28-24(33)37-15-19-14-31(25(34)38-19)18-5-6-21(20(27)13-18)29-9-11-30(12-10-29)22-7-8-23(39-22)32(35)36/h1-8,13,19H,9-12,14-15H2,(H,28,33)/t19-/m1/s1. The van der Waals surface area contributed by atoms with E-state index in [-0.39, 0.29) is 18.2 Å². The number of hydrogen-bond donors (Lipinski definition) is 1. The van der Waals surface area contributed by atoms with Crippen molar-refractivity contribution in [3.05, 3.63) is 76.3 Å². The van der Waals surface area contributed by atoms with Gasteiger partial charge in [0.2, 0.25) is 0 Å². The van der Waals surface area contributed by atoms with Crippen molar-refractivity contribution in [3.63, 3.8) is 0 Å². The molecule has 0 radical (unpaired) electrons. The van der Waals surface area contributed by atoms with Gasteiger partial charge in [-0.05, 0) is 59.9 Å². The molecule has 2 fully saturated rings. The summed E-state index contributed by atoms with van der Waals surface area (Å²) in [6.07, 6.45) is -2.22. The van der Waals surface area contributed by atoms with E-state index in [2.05, 4.69) is 5.32 Å². The number of thiophene rings is 1. The van der Waals surface area contributed by atoms with Gasteiger partial charge in [0, 0.05) is 37.9 Å². The fraction of sp³-hybridized carbons (Fsp3) is 0.280. The van der Waals surface area contributed by atoms with Crippen LogP contribution in [0.5, 0.6) is 0 Å². The topological polar surface area (TPSA) is 117 Å². The molecule has 3 aromatic rings. The molecular weight excluding hydrogens is 536 g/mol. The van der Waals surface area contributed by atoms with Gasteiger partial charge in [-0.3, -0.25) is 20.3 Å². The summed E-state index contributed by atoms with van der Waals surface area (Å²) in [7, 11) is 0. The van der Waals surface area contributed by atoms with Crippen molar-refractivity contribution in [2.24, 2.45) is 0 Å². The highest BCUT2D eigenvalue weighted by atomic mass is 32.1. The molecule has 1 aromatic heterocycles. The van der Waals surface area contributed by atoms with E-state index < -0.39 is 34.8 Å². The minimum Gasteiger partial charge on any atom is -0.445 e. The largest absolute Gasteiger partial charge is 0.445 e. The van der Waals surface area contributed by atoms with Gasteiger partial charge in [0.15, 0.2) is 6.10 Å². The van der Waals surface area contributed by atoms with E-state index in [9.17, 15) is 24.1 Å². The van der Waals surface area contributed by atoms with Gasteiger partial charge in [0.25, 0.3) is 0 Å². The molecule has 2 aliphatic heterocycles. The molecule has 1 atom stereocenters. The summed E-state index contributed by atoms with van der Waals surface area (Å²) in [5, 5.41) is 14.3. The lowest BCUT2D eigenvalue weighted by Crippen LogP contribution is -2.46. The molecule has 0 saturated carbocycles. The van der Waals surface area contributed by atoms with Crippen molar-refractivity contribution in [2.75, 3.05) is 59.3 Å². The highest BCUT2D eigenvalue weighted by molar-refractivity contribution is 7.19. The Morgan fingerprint density at radius 3 is 2.46 bits per heavy atom. The molecule has 14 heteroatoms. The van der Waals surface area contributed by atoms with Gasteiger partial charge in [-0.25, -0.2) is 18.4 Å². The first-order chi connectivity index (χ1) is 18.8. The van der Waals surface area contributed by atoms with E-state index in [0.717, 1.165) is 16.3 Å². The number of amides is 2. The molecule has 5 rings (SSSR count). The number of ether oxygens (including phenoxy) is 2. The molecule has 0 spiro atoms. The third kappa shape index (κ3) is 6.00. The highest BCUT2D eigenvalue weighted by Gasteiger charge is 2.34. The molecule has 2 saturated heterocycles. The fourth-order valence-corrected chi connectivity index (χ4v) is 5.22. The summed E-state index contributed by atoms with van der Waals surface area (Å²) in [6.45, 7) is 2.04. The first-order valence-corrected chi connectivity index (χ1v) is 12.8. The van der Waals surface area contributed by atoms with Crippen molar-refractivity contribution in [3.8, 4) is 0 Å². The summed E-state index contributed by atoms with van der Waals surface area (Å²) in [5.41, 5.74) is 1.04. The molecule has 11 nitrogen and oxygen atoms in total. The van der Waals surface area contributed by atoms with Crippen LogP contribution in [0.25, 0.3) is 0 Å². The van der Waals surface area contributed by atoms with Crippen LogP contribution >= 0.6 is 11.3 Å². The maximum Gasteiger partial charge on any atom is 0.414 e. The number of nitrogens with zero attached hydrogens (tertiary/aromatic N) is 4. The number of halogens is 2. The van der Waals surface area contributed by atoms with Crippen molar-refractivity contribution in [1.29, 1.82) is 0 Å². The van der Waals surface area contributed by atoms with Crippen LogP contribution in [0.3, 0.4) is 0 Å². The molecule has 2 amide bonds. The summed E-state index contributed by atoms with van der Waals surface area (Å²) in [6, 6.07) is 12.8. The Morgan fingerprint density at radius 2 is 1.79 bits per heavy atom. The number of hydrogen-bond acceptors (Lipinski definition) is 9. The molecule has 1 N–H and O–H groups in total. The number of benzene rings is 2. The zero-order valence-electron chi connectivity index (χ0n) is 20.4. The Kier molecular flexibility index (Phi) is 7.45. The Hall–Kier alpha value is -4.46. The van der Waals surface area contributed by atoms with Crippen LogP contribution in [-0.4, -0.2) is 62.5 Å². The van der Waals surface area contributed by atoms with E-state index in [4.69, 9.17) is 9.47 Å². The first-order valence-electron chi connectivity index (χ1n) is 12.0. The monoisotopic (exact) mass is 559 g/mol. The second-order valence-corrected chi connectivity index (χ2v) is 9.87. The smallest absolute Gasteiger partial charge is 0.414 e. The molecule has 3 heterocycles. The minimum atomic E-state index is -0.788. The van der Waals surface area contributed by atoms with Gasteiger partial charge in [0.05, 0.1) is 27.8 Å². The normalized spacial score (nSPS) is 17.2. The SMILES string of the molecule is O=C(Nc1ccc(F)cc1)OC[C@H]1CN(c2ccc(N3CCN(c4ccc([N+](=O)[O-])s4)CC3)c(F)c2)C(=O)O1. The molecule has 0 unspecified atom stereocenters. The lowest BCUT2D eigenvalue weighted by Gasteiger charge is -2.36. The van der Waals surface area contributed by atoms with Gasteiger partial charge in [-0.1, -0.05) is 0 Å². The molecular formula is C25H23F2N5O6S. The molecule has 0 bridgehead atoms. The average molecular weight is 560 g/mol. The maximum absolute atomic E-state index is 15.1. The number of anilines is 4. The van der Waals surface area contributed by atoms with Crippen LogP contribution in [0.1, 0.15) is 0 Å². The highest BCUT2D eigenvalue weighted by Crippen LogP contribution is 2.33. The van der Waals surface area contributed by atoms with Crippen LogP contribution in [0.15, 0.2) is 54.6 Å². The fourth-order valence-electron chi connectivity index (χ4n) is 4.35. The lowest BCUT2D eigenvalue weighted by atomic mass is 10.2. The van der Waals surface area contributed by atoms with Gasteiger partial charge < -0.3 is 19.3 Å². The number of piperazine rings is 1. The number of carbonyl (C=O) groups is 2. The molecule has 204 valence electrons. The van der Waals surface area contributed by atoms with Crippen LogP contribution in [-0.2, 0) is 9.47 Å². The van der Waals surface area contributed by atoms with Crippen LogP contribution < -0.4 is 20.0 Å². The zero-order chi connectivity index (χ0) is 27.5. The quantitative estimate of drug-likeness (QED) is 0.323. The third-order valence-corrected chi connectivity index (χ3v) is 7.40. The van der Waals surface area contributed by atoms with Gasteiger partial charge in [0.1, 0.15) is 18.2 Å². The summed E-state index contributed by atoms with van der Waals surface area (Å²) in [4.78, 5) is 40.1. The molecule has 39 heavy (non-hydrogen) atoms. The molecule has 2 aliphatic rings. The molecule has 0 aliphatic carbocycles. The second-order valence-electron chi connectivity index (χ2n) is 8.83. The van der Waals surface area contributed by atoms with Crippen molar-refractivity contribution < 1.29 is 32.8 Å². The lowest BCUT2D eigenvalue weighted by molar-refractivity contribution is -0.380. The average Bonchev–Trinajstić information content (AvgIpc) is 3.56. The van der Waals surface area contributed by atoms with E-state index in [0.29, 0.717) is 43.2 Å². The molecule has 2 aromatic carbocycles. The minimum absolute atomic E-state index is 0.0626. The predicted molar refractivity (Wildman–Crippen MR) is 141 cm³/mol. The summed E-state index contributed by atoms with van der Waals surface area (Å²) >= 11 is 1.11. The van der Waals surface area contributed by atoms with E-state index in [1.165, 1.54) is 41.3 Å². The van der Waals surface area contributed by atoms with Crippen molar-refractivity contribution in [1.82, 2.24) is 0 Å². The first kappa shape index (κ1) is 26.2. The van der Waals surface area contributed by atoms with E-state index >= 15 is 4.39 Å². The number of cyclic esters (lactones) is 1.